The molecule has 1 aromatic rings. The van der Waals surface area contributed by atoms with Crippen LogP contribution in [-0.2, 0) is 0 Å². The van der Waals surface area contributed by atoms with E-state index < -0.39 is 17.3 Å². The van der Waals surface area contributed by atoms with Crippen LogP contribution in [-0.4, -0.2) is 5.16 Å². The minimum absolute atomic E-state index is 0.0201. The quantitative estimate of drug-likeness (QED) is 0.506. The lowest BCUT2D eigenvalue weighted by Gasteiger charge is -1.96. The van der Waals surface area contributed by atoms with Crippen molar-refractivity contribution in [1.29, 1.82) is 0 Å². The molecule has 0 aliphatic heterocycles. The normalized spacial score (nSPS) is 9.25. The highest BCUT2D eigenvalue weighted by Crippen LogP contribution is 2.25. The Hall–Kier alpha value is -0.830. The molecule has 0 N–H and O–H groups in total. The van der Waals surface area contributed by atoms with Gasteiger partial charge in [0.1, 0.15) is 5.69 Å². The van der Waals surface area contributed by atoms with Crippen molar-refractivity contribution in [2.24, 2.45) is 4.99 Å². The smallest absolute Gasteiger partial charge is 0.154 e. The van der Waals surface area contributed by atoms with Gasteiger partial charge in [-0.2, -0.15) is 4.99 Å². The third-order valence-electron chi connectivity index (χ3n) is 1.14. The van der Waals surface area contributed by atoms with Crippen molar-refractivity contribution < 1.29 is 8.78 Å². The van der Waals surface area contributed by atoms with Gasteiger partial charge in [-0.3, -0.25) is 0 Å². The molecule has 1 aromatic carbocycles. The van der Waals surface area contributed by atoms with Crippen molar-refractivity contribution in [3.63, 3.8) is 0 Å². The molecule has 12 heavy (non-hydrogen) atoms. The summed E-state index contributed by atoms with van der Waals surface area (Å²) in [6.07, 6.45) is 0. The minimum Gasteiger partial charge on any atom is -0.204 e. The lowest BCUT2D eigenvalue weighted by molar-refractivity contribution is 0.588. The Bertz CT molecular complexity index is 337. The standard InChI is InChI=1S/C7H2ClF2NS/c8-4-1-5(9)7(11-3-12)6(10)2-4/h1-2H. The van der Waals surface area contributed by atoms with E-state index >= 15 is 0 Å². The van der Waals surface area contributed by atoms with E-state index in [1.54, 1.807) is 0 Å². The molecule has 1 rings (SSSR count). The number of hydrogen-bond acceptors (Lipinski definition) is 2. The SMILES string of the molecule is Fc1cc(Cl)cc(F)c1N=C=S. The van der Waals surface area contributed by atoms with Crippen molar-refractivity contribution in [2.45, 2.75) is 0 Å². The van der Waals surface area contributed by atoms with Crippen LogP contribution < -0.4 is 0 Å². The molecule has 62 valence electrons. The lowest BCUT2D eigenvalue weighted by Crippen LogP contribution is -1.82. The van der Waals surface area contributed by atoms with Crippen LogP contribution in [0.25, 0.3) is 0 Å². The van der Waals surface area contributed by atoms with Gasteiger partial charge in [0.2, 0.25) is 0 Å². The topological polar surface area (TPSA) is 12.4 Å². The van der Waals surface area contributed by atoms with Gasteiger partial charge in [-0.05, 0) is 24.4 Å². The second kappa shape index (κ2) is 3.72. The maximum atomic E-state index is 12.8. The summed E-state index contributed by atoms with van der Waals surface area (Å²) in [7, 11) is 0. The molecule has 0 aromatic heterocycles. The van der Waals surface area contributed by atoms with Crippen LogP contribution in [0.2, 0.25) is 5.02 Å². The molecule has 0 heterocycles. The van der Waals surface area contributed by atoms with E-state index in [1.807, 2.05) is 5.16 Å². The number of isothiocyanates is 1. The Balaban J connectivity index is 3.37. The van der Waals surface area contributed by atoms with E-state index in [9.17, 15) is 8.78 Å². The van der Waals surface area contributed by atoms with Gasteiger partial charge in [-0.1, -0.05) is 11.6 Å². The number of benzene rings is 1. The van der Waals surface area contributed by atoms with Crippen molar-refractivity contribution >= 4 is 34.7 Å². The molecule has 5 heteroatoms. The fourth-order valence-electron chi connectivity index (χ4n) is 0.687. The minimum atomic E-state index is -0.850. The van der Waals surface area contributed by atoms with Crippen LogP contribution in [0, 0.1) is 11.6 Å². The first-order chi connectivity index (χ1) is 5.65. The number of hydrogen-bond donors (Lipinski definition) is 0. The van der Waals surface area contributed by atoms with Crippen molar-refractivity contribution in [2.75, 3.05) is 0 Å². The Labute approximate surface area is 77.7 Å². The summed E-state index contributed by atoms with van der Waals surface area (Å²) in [5.41, 5.74) is -0.464. The predicted molar refractivity (Wildman–Crippen MR) is 46.1 cm³/mol. The first kappa shape index (κ1) is 9.26. The van der Waals surface area contributed by atoms with Crippen LogP contribution in [0.3, 0.4) is 0 Å². The van der Waals surface area contributed by atoms with E-state index in [4.69, 9.17) is 11.6 Å². The molecule has 0 aliphatic rings. The van der Waals surface area contributed by atoms with Crippen molar-refractivity contribution in [3.8, 4) is 0 Å². The average molecular weight is 206 g/mol. The summed E-state index contributed by atoms with van der Waals surface area (Å²) < 4.78 is 25.6. The van der Waals surface area contributed by atoms with Crippen molar-refractivity contribution in [3.05, 3.63) is 28.8 Å². The molecule has 0 saturated heterocycles. The fraction of sp³-hybridized carbons (Fsp3) is 0. The van der Waals surface area contributed by atoms with E-state index in [1.165, 1.54) is 0 Å². The van der Waals surface area contributed by atoms with Gasteiger partial charge in [-0.25, -0.2) is 8.78 Å². The Morgan fingerprint density at radius 1 is 1.33 bits per heavy atom. The highest BCUT2D eigenvalue weighted by atomic mass is 35.5. The first-order valence-electron chi connectivity index (χ1n) is 2.87. The zero-order valence-electron chi connectivity index (χ0n) is 5.64. The molecule has 0 fully saturated rings. The summed E-state index contributed by atoms with van der Waals surface area (Å²) in [5.74, 6) is -1.70. The highest BCUT2D eigenvalue weighted by Gasteiger charge is 2.08. The molecule has 0 amide bonds. The number of thiocarbonyl (C=S) groups is 1. The van der Waals surface area contributed by atoms with Crippen LogP contribution in [0.4, 0.5) is 14.5 Å². The van der Waals surface area contributed by atoms with Gasteiger partial charge in [0, 0.05) is 5.02 Å². The van der Waals surface area contributed by atoms with Gasteiger partial charge in [-0.15, -0.1) is 0 Å². The number of rotatable bonds is 1. The van der Waals surface area contributed by atoms with Gasteiger partial charge in [0.15, 0.2) is 11.6 Å². The molecule has 0 atom stereocenters. The Morgan fingerprint density at radius 3 is 2.25 bits per heavy atom. The van der Waals surface area contributed by atoms with E-state index in [0.29, 0.717) is 0 Å². The maximum absolute atomic E-state index is 12.8. The van der Waals surface area contributed by atoms with E-state index in [-0.39, 0.29) is 5.02 Å². The first-order valence-corrected chi connectivity index (χ1v) is 3.66. The van der Waals surface area contributed by atoms with Gasteiger partial charge >= 0.3 is 0 Å². The number of halogens is 3. The summed E-state index contributed by atoms with van der Waals surface area (Å²) >= 11 is 9.56. The highest BCUT2D eigenvalue weighted by molar-refractivity contribution is 7.78. The lowest BCUT2D eigenvalue weighted by atomic mass is 10.3. The zero-order valence-corrected chi connectivity index (χ0v) is 7.22. The summed E-state index contributed by atoms with van der Waals surface area (Å²) in [6, 6.07) is 1.91. The molecular formula is C7H2ClF2NS. The molecule has 0 spiro atoms. The van der Waals surface area contributed by atoms with Crippen LogP contribution >= 0.6 is 23.8 Å². The number of nitrogens with zero attached hydrogens (tertiary/aromatic N) is 1. The molecule has 0 saturated carbocycles. The molecule has 0 aliphatic carbocycles. The molecule has 0 bridgehead atoms. The predicted octanol–water partition coefficient (Wildman–Crippen LogP) is 3.35. The van der Waals surface area contributed by atoms with Gasteiger partial charge in [0.05, 0.1) is 5.16 Å². The average Bonchev–Trinajstić information content (AvgIpc) is 1.96. The Morgan fingerprint density at radius 2 is 1.83 bits per heavy atom. The van der Waals surface area contributed by atoms with Crippen LogP contribution in [0.1, 0.15) is 0 Å². The second-order valence-electron chi connectivity index (χ2n) is 1.92. The maximum Gasteiger partial charge on any atom is 0.154 e. The van der Waals surface area contributed by atoms with E-state index in [0.717, 1.165) is 12.1 Å². The fourth-order valence-corrected chi connectivity index (χ4v) is 0.970. The Kier molecular flexibility index (Phi) is 2.87. The third-order valence-corrected chi connectivity index (χ3v) is 1.45. The van der Waals surface area contributed by atoms with E-state index in [2.05, 4.69) is 17.2 Å². The van der Waals surface area contributed by atoms with Crippen molar-refractivity contribution in [1.82, 2.24) is 0 Å². The molecular weight excluding hydrogens is 204 g/mol. The largest absolute Gasteiger partial charge is 0.204 e. The van der Waals surface area contributed by atoms with Crippen LogP contribution in [0.5, 0.6) is 0 Å². The monoisotopic (exact) mass is 205 g/mol. The second-order valence-corrected chi connectivity index (χ2v) is 2.54. The molecule has 0 unspecified atom stereocenters. The summed E-state index contributed by atoms with van der Waals surface area (Å²) in [6.45, 7) is 0. The third kappa shape index (κ3) is 1.85. The number of aliphatic imine (C=N–C) groups is 1. The van der Waals surface area contributed by atoms with Gasteiger partial charge in [0.25, 0.3) is 0 Å². The zero-order chi connectivity index (χ0) is 9.14. The van der Waals surface area contributed by atoms with Crippen LogP contribution in [0.15, 0.2) is 17.1 Å². The molecule has 0 radical (unpaired) electrons. The summed E-state index contributed by atoms with van der Waals surface area (Å²) in [5, 5.41) is 1.85. The van der Waals surface area contributed by atoms with Gasteiger partial charge < -0.3 is 0 Å². The molecule has 1 nitrogen and oxygen atoms in total. The summed E-state index contributed by atoms with van der Waals surface area (Å²) in [4.78, 5) is 3.20.